The van der Waals surface area contributed by atoms with Gasteiger partial charge in [-0.3, -0.25) is 4.68 Å². The highest BCUT2D eigenvalue weighted by atomic mass is 16.6. The zero-order valence-corrected chi connectivity index (χ0v) is 10.1. The third kappa shape index (κ3) is 2.45. The molecule has 94 valence electrons. The third-order valence-electron chi connectivity index (χ3n) is 2.75. The molecule has 0 aromatic carbocycles. The van der Waals surface area contributed by atoms with Gasteiger partial charge in [0.2, 0.25) is 0 Å². The van der Waals surface area contributed by atoms with Crippen molar-refractivity contribution in [3.63, 3.8) is 0 Å². The molecule has 0 radical (unpaired) electrons. The van der Waals surface area contributed by atoms with Crippen LogP contribution in [0.25, 0.3) is 0 Å². The van der Waals surface area contributed by atoms with Crippen LogP contribution in [0.3, 0.4) is 0 Å². The van der Waals surface area contributed by atoms with Crippen molar-refractivity contribution in [1.29, 1.82) is 0 Å². The van der Waals surface area contributed by atoms with Crippen molar-refractivity contribution < 1.29 is 4.92 Å². The van der Waals surface area contributed by atoms with Crippen LogP contribution >= 0.6 is 0 Å². The number of rotatable bonds is 4. The molecule has 1 N–H and O–H groups in total. The molecule has 0 fully saturated rings. The number of pyridine rings is 1. The summed E-state index contributed by atoms with van der Waals surface area (Å²) in [4.78, 5) is 13.7. The number of anilines is 1. The van der Waals surface area contributed by atoms with Crippen molar-refractivity contribution in [2.45, 2.75) is 13.5 Å². The smallest absolute Gasteiger partial charge is 0.363 e. The van der Waals surface area contributed by atoms with Crippen LogP contribution in [-0.4, -0.2) is 19.7 Å². The summed E-state index contributed by atoms with van der Waals surface area (Å²) in [5.74, 6) is -0.155. The Kier molecular flexibility index (Phi) is 3.22. The lowest BCUT2D eigenvalue weighted by molar-refractivity contribution is -0.389. The Balaban J connectivity index is 2.02. The van der Waals surface area contributed by atoms with E-state index in [1.807, 2.05) is 14.0 Å². The van der Waals surface area contributed by atoms with Gasteiger partial charge in [0.05, 0.1) is 11.9 Å². The Morgan fingerprint density at radius 2 is 2.22 bits per heavy atom. The zero-order chi connectivity index (χ0) is 13.1. The highest BCUT2D eigenvalue weighted by Gasteiger charge is 2.07. The molecular formula is C11H13N5O2. The molecule has 2 heterocycles. The van der Waals surface area contributed by atoms with Crippen molar-refractivity contribution in [3.05, 3.63) is 45.9 Å². The molecular weight excluding hydrogens is 234 g/mol. The van der Waals surface area contributed by atoms with Crippen LogP contribution < -0.4 is 5.32 Å². The molecule has 0 amide bonds. The molecule has 2 rings (SSSR count). The van der Waals surface area contributed by atoms with Crippen LogP contribution in [0.5, 0.6) is 0 Å². The number of aryl methyl sites for hydroxylation is 1. The van der Waals surface area contributed by atoms with Gasteiger partial charge < -0.3 is 15.4 Å². The number of nitro groups is 1. The Morgan fingerprint density at radius 3 is 2.72 bits per heavy atom. The van der Waals surface area contributed by atoms with Crippen molar-refractivity contribution >= 4 is 11.5 Å². The topological polar surface area (TPSA) is 85.9 Å². The van der Waals surface area contributed by atoms with Crippen LogP contribution in [0.4, 0.5) is 11.5 Å². The minimum Gasteiger partial charge on any atom is -0.378 e. The minimum absolute atomic E-state index is 0.155. The van der Waals surface area contributed by atoms with Crippen molar-refractivity contribution in [1.82, 2.24) is 14.8 Å². The SMILES string of the molecule is Cc1c(CNc2ccc([N+](=O)[O-])nc2)cnn1C. The lowest BCUT2D eigenvalue weighted by atomic mass is 10.2. The summed E-state index contributed by atoms with van der Waals surface area (Å²) < 4.78 is 1.80. The van der Waals surface area contributed by atoms with Gasteiger partial charge in [-0.1, -0.05) is 0 Å². The van der Waals surface area contributed by atoms with Gasteiger partial charge in [-0.25, -0.2) is 0 Å². The molecule has 0 atom stereocenters. The van der Waals surface area contributed by atoms with E-state index in [0.717, 1.165) is 16.9 Å². The first-order chi connectivity index (χ1) is 8.58. The second kappa shape index (κ2) is 4.82. The molecule has 0 spiro atoms. The van der Waals surface area contributed by atoms with E-state index in [4.69, 9.17) is 0 Å². The Hall–Kier alpha value is -2.44. The van der Waals surface area contributed by atoms with E-state index in [1.54, 1.807) is 16.9 Å². The number of hydrogen-bond acceptors (Lipinski definition) is 5. The molecule has 0 unspecified atom stereocenters. The van der Waals surface area contributed by atoms with Gasteiger partial charge in [0.25, 0.3) is 0 Å². The number of hydrogen-bond donors (Lipinski definition) is 1. The maximum absolute atomic E-state index is 10.5. The maximum atomic E-state index is 10.5. The van der Waals surface area contributed by atoms with Gasteiger partial charge in [-0.15, -0.1) is 0 Å². The highest BCUT2D eigenvalue weighted by molar-refractivity contribution is 5.44. The lowest BCUT2D eigenvalue weighted by Crippen LogP contribution is -2.02. The summed E-state index contributed by atoms with van der Waals surface area (Å²) in [7, 11) is 1.88. The summed E-state index contributed by atoms with van der Waals surface area (Å²) in [6.45, 7) is 2.59. The van der Waals surface area contributed by atoms with Crippen molar-refractivity contribution in [3.8, 4) is 0 Å². The first-order valence-electron chi connectivity index (χ1n) is 5.39. The van der Waals surface area contributed by atoms with E-state index >= 15 is 0 Å². The van der Waals surface area contributed by atoms with Gasteiger partial charge in [0, 0.05) is 30.9 Å². The fraction of sp³-hybridized carbons (Fsp3) is 0.273. The highest BCUT2D eigenvalue weighted by Crippen LogP contribution is 2.13. The van der Waals surface area contributed by atoms with Gasteiger partial charge in [0.1, 0.15) is 0 Å². The Labute approximate surface area is 104 Å². The minimum atomic E-state index is -0.519. The van der Waals surface area contributed by atoms with Crippen molar-refractivity contribution in [2.24, 2.45) is 7.05 Å². The molecule has 0 saturated carbocycles. The third-order valence-corrected chi connectivity index (χ3v) is 2.75. The molecule has 0 aliphatic carbocycles. The van der Waals surface area contributed by atoms with E-state index in [2.05, 4.69) is 15.4 Å². The normalized spacial score (nSPS) is 10.3. The number of aromatic nitrogens is 3. The van der Waals surface area contributed by atoms with Crippen LogP contribution in [-0.2, 0) is 13.6 Å². The molecule has 0 bridgehead atoms. The number of nitrogens with one attached hydrogen (secondary N) is 1. The summed E-state index contributed by atoms with van der Waals surface area (Å²) in [5.41, 5.74) is 2.90. The van der Waals surface area contributed by atoms with Crippen molar-refractivity contribution in [2.75, 3.05) is 5.32 Å². The standard InChI is InChI=1S/C11H13N5O2/c1-8-9(6-14-15(8)2)5-12-10-3-4-11(13-7-10)16(17)18/h3-4,6-7,12H,5H2,1-2H3. The second-order valence-corrected chi connectivity index (χ2v) is 3.89. The first kappa shape index (κ1) is 12.0. The van der Waals surface area contributed by atoms with E-state index in [-0.39, 0.29) is 5.82 Å². The molecule has 0 aliphatic heterocycles. The van der Waals surface area contributed by atoms with Gasteiger partial charge in [0.15, 0.2) is 6.20 Å². The number of nitrogens with zero attached hydrogens (tertiary/aromatic N) is 4. The predicted molar refractivity (Wildman–Crippen MR) is 66.2 cm³/mol. The zero-order valence-electron chi connectivity index (χ0n) is 10.1. The summed E-state index contributed by atoms with van der Waals surface area (Å²) in [6.07, 6.45) is 3.24. The van der Waals surface area contributed by atoms with Crippen LogP contribution in [0.2, 0.25) is 0 Å². The summed E-state index contributed by atoms with van der Waals surface area (Å²) >= 11 is 0. The molecule has 18 heavy (non-hydrogen) atoms. The molecule has 2 aromatic heterocycles. The van der Waals surface area contributed by atoms with Crippen LogP contribution in [0, 0.1) is 17.0 Å². The predicted octanol–water partition coefficient (Wildman–Crippen LogP) is 1.64. The molecule has 0 aliphatic rings. The quantitative estimate of drug-likeness (QED) is 0.655. The first-order valence-corrected chi connectivity index (χ1v) is 5.39. The fourth-order valence-electron chi connectivity index (χ4n) is 1.51. The largest absolute Gasteiger partial charge is 0.378 e. The molecule has 2 aromatic rings. The van der Waals surface area contributed by atoms with E-state index in [9.17, 15) is 10.1 Å². The fourth-order valence-corrected chi connectivity index (χ4v) is 1.51. The van der Waals surface area contributed by atoms with Gasteiger partial charge in [-0.05, 0) is 22.9 Å². The summed E-state index contributed by atoms with van der Waals surface area (Å²) in [5, 5.41) is 17.7. The lowest BCUT2D eigenvalue weighted by Gasteiger charge is -2.04. The monoisotopic (exact) mass is 247 g/mol. The molecule has 7 heteroatoms. The second-order valence-electron chi connectivity index (χ2n) is 3.89. The van der Waals surface area contributed by atoms with Crippen LogP contribution in [0.1, 0.15) is 11.3 Å². The Morgan fingerprint density at radius 1 is 1.44 bits per heavy atom. The Bertz CT molecular complexity index is 561. The van der Waals surface area contributed by atoms with Gasteiger partial charge >= 0.3 is 5.82 Å². The molecule has 0 saturated heterocycles. The van der Waals surface area contributed by atoms with E-state index in [0.29, 0.717) is 6.54 Å². The van der Waals surface area contributed by atoms with E-state index in [1.165, 1.54) is 12.3 Å². The average Bonchev–Trinajstić information content (AvgIpc) is 2.68. The maximum Gasteiger partial charge on any atom is 0.363 e. The molecule has 7 nitrogen and oxygen atoms in total. The van der Waals surface area contributed by atoms with Crippen LogP contribution in [0.15, 0.2) is 24.5 Å². The van der Waals surface area contributed by atoms with Gasteiger partial charge in [-0.2, -0.15) is 5.10 Å². The average molecular weight is 247 g/mol. The summed E-state index contributed by atoms with van der Waals surface area (Å²) in [6, 6.07) is 3.01. The van der Waals surface area contributed by atoms with E-state index < -0.39 is 4.92 Å².